The van der Waals surface area contributed by atoms with Crippen molar-refractivity contribution in [1.82, 2.24) is 20.3 Å². The minimum Gasteiger partial charge on any atom is -0.151 e. The van der Waals surface area contributed by atoms with Crippen LogP contribution in [0, 0.1) is 0 Å². The van der Waals surface area contributed by atoms with E-state index in [1.54, 1.807) is 0 Å². The molecule has 58 valence electrons. The number of hydrogen-bond donors (Lipinski definition) is 0. The zero-order valence-electron chi connectivity index (χ0n) is 6.12. The zero-order valence-corrected chi connectivity index (χ0v) is 6.12. The summed E-state index contributed by atoms with van der Waals surface area (Å²) in [4.78, 5) is 1.47. The van der Waals surface area contributed by atoms with Crippen molar-refractivity contribution in [2.75, 3.05) is 0 Å². The molecule has 2 heterocycles. The van der Waals surface area contributed by atoms with Crippen molar-refractivity contribution in [3.8, 4) is 0 Å². The van der Waals surface area contributed by atoms with E-state index in [1.165, 1.54) is 4.79 Å². The number of tetrazole rings is 1. The highest BCUT2D eigenvalue weighted by Crippen LogP contribution is 2.24. The van der Waals surface area contributed by atoms with Crippen LogP contribution in [0.4, 0.5) is 0 Å². The Hall–Kier alpha value is -1.78. The van der Waals surface area contributed by atoms with Crippen LogP contribution in [0.3, 0.4) is 0 Å². The fraction of sp³-hybridized carbons (Fsp3) is 0.143. The number of aromatic nitrogens is 4. The molecule has 1 atom stereocenters. The summed E-state index contributed by atoms with van der Waals surface area (Å²) >= 11 is 0. The van der Waals surface area contributed by atoms with E-state index in [-0.39, 0.29) is 5.92 Å². The first-order valence-electron chi connectivity index (χ1n) is 3.67. The summed E-state index contributed by atoms with van der Waals surface area (Å²) in [7, 11) is 0. The SMILES string of the molecule is C1=CC2=Nn3nnnc3C2C=C1. The molecule has 1 aromatic heterocycles. The predicted octanol–water partition coefficient (Wildman–Crippen LogP) is 0.100. The van der Waals surface area contributed by atoms with Crippen LogP contribution < -0.4 is 0 Å². The molecule has 0 saturated heterocycles. The maximum absolute atomic E-state index is 4.19. The van der Waals surface area contributed by atoms with Gasteiger partial charge in [0.2, 0.25) is 0 Å². The highest BCUT2D eigenvalue weighted by atomic mass is 15.7. The van der Waals surface area contributed by atoms with Gasteiger partial charge in [0.1, 0.15) is 0 Å². The second kappa shape index (κ2) is 1.88. The normalized spacial score (nSPS) is 23.7. The zero-order chi connectivity index (χ0) is 7.97. The van der Waals surface area contributed by atoms with Gasteiger partial charge < -0.3 is 0 Å². The predicted molar refractivity (Wildman–Crippen MR) is 41.7 cm³/mol. The van der Waals surface area contributed by atoms with Gasteiger partial charge in [-0.1, -0.05) is 18.2 Å². The van der Waals surface area contributed by atoms with Crippen LogP contribution in [0.5, 0.6) is 0 Å². The minimum absolute atomic E-state index is 0.157. The first-order chi connectivity index (χ1) is 5.95. The van der Waals surface area contributed by atoms with Crippen molar-refractivity contribution in [2.24, 2.45) is 5.10 Å². The van der Waals surface area contributed by atoms with E-state index in [2.05, 4.69) is 20.6 Å². The minimum atomic E-state index is 0.157. The average molecular weight is 159 g/mol. The first kappa shape index (κ1) is 5.82. The third kappa shape index (κ3) is 0.578. The van der Waals surface area contributed by atoms with Crippen molar-refractivity contribution in [1.29, 1.82) is 0 Å². The molecule has 1 aromatic rings. The standard InChI is InChI=1S/C7H5N5/c1-2-4-6-5(3-1)7-8-10-11-12(7)9-6/h1-5H. The molecular weight excluding hydrogens is 154 g/mol. The van der Waals surface area contributed by atoms with Gasteiger partial charge in [0.05, 0.1) is 11.6 Å². The number of nitrogens with zero attached hydrogens (tertiary/aromatic N) is 5. The van der Waals surface area contributed by atoms with Crippen LogP contribution >= 0.6 is 0 Å². The number of fused-ring (bicyclic) bond motifs is 3. The molecular formula is C7H5N5. The summed E-state index contributed by atoms with van der Waals surface area (Å²) in [6, 6.07) is 0. The highest BCUT2D eigenvalue weighted by Gasteiger charge is 2.27. The van der Waals surface area contributed by atoms with Crippen LogP contribution in [0.15, 0.2) is 29.4 Å². The van der Waals surface area contributed by atoms with Crippen LogP contribution in [-0.4, -0.2) is 26.0 Å². The fourth-order valence-corrected chi connectivity index (χ4v) is 1.40. The summed E-state index contributed by atoms with van der Waals surface area (Å²) in [6.07, 6.45) is 7.93. The topological polar surface area (TPSA) is 56.0 Å². The maximum Gasteiger partial charge on any atom is 0.189 e. The van der Waals surface area contributed by atoms with E-state index < -0.39 is 0 Å². The lowest BCUT2D eigenvalue weighted by Gasteiger charge is -2.03. The van der Waals surface area contributed by atoms with Gasteiger partial charge in [-0.25, -0.2) is 0 Å². The van der Waals surface area contributed by atoms with E-state index in [1.807, 2.05) is 24.3 Å². The Labute approximate surface area is 68.1 Å². The Morgan fingerprint density at radius 1 is 1.33 bits per heavy atom. The molecule has 0 amide bonds. The molecule has 12 heavy (non-hydrogen) atoms. The summed E-state index contributed by atoms with van der Waals surface area (Å²) < 4.78 is 0. The average Bonchev–Trinajstić information content (AvgIpc) is 2.62. The summed E-state index contributed by atoms with van der Waals surface area (Å²) in [5.74, 6) is 0.954. The van der Waals surface area contributed by atoms with E-state index in [9.17, 15) is 0 Å². The van der Waals surface area contributed by atoms with Crippen molar-refractivity contribution >= 4 is 5.71 Å². The van der Waals surface area contributed by atoms with Gasteiger partial charge in [0.15, 0.2) is 5.82 Å². The van der Waals surface area contributed by atoms with Crippen molar-refractivity contribution in [3.63, 3.8) is 0 Å². The molecule has 0 aromatic carbocycles. The Morgan fingerprint density at radius 2 is 2.33 bits per heavy atom. The molecule has 0 spiro atoms. The summed E-state index contributed by atoms with van der Waals surface area (Å²) in [5.41, 5.74) is 0.981. The molecule has 3 rings (SSSR count). The van der Waals surface area contributed by atoms with Gasteiger partial charge in [0, 0.05) is 0 Å². The van der Waals surface area contributed by atoms with Crippen molar-refractivity contribution < 1.29 is 0 Å². The van der Waals surface area contributed by atoms with Crippen LogP contribution in [0.1, 0.15) is 11.7 Å². The largest absolute Gasteiger partial charge is 0.189 e. The van der Waals surface area contributed by atoms with Crippen LogP contribution in [0.25, 0.3) is 0 Å². The smallest absolute Gasteiger partial charge is 0.151 e. The van der Waals surface area contributed by atoms with Gasteiger partial charge in [0.25, 0.3) is 0 Å². The van der Waals surface area contributed by atoms with Crippen LogP contribution in [-0.2, 0) is 0 Å². The molecule has 0 saturated carbocycles. The molecule has 0 bridgehead atoms. The Balaban J connectivity index is 2.23. The molecule has 0 radical (unpaired) electrons. The number of allylic oxidation sites excluding steroid dienone is 4. The molecule has 1 aliphatic carbocycles. The van der Waals surface area contributed by atoms with Crippen molar-refractivity contribution in [2.45, 2.75) is 5.92 Å². The quantitative estimate of drug-likeness (QED) is 0.539. The lowest BCUT2D eigenvalue weighted by atomic mass is 9.99. The number of hydrogen-bond acceptors (Lipinski definition) is 4. The Morgan fingerprint density at radius 3 is 3.33 bits per heavy atom. The lowest BCUT2D eigenvalue weighted by molar-refractivity contribution is 0.688. The summed E-state index contributed by atoms with van der Waals surface area (Å²) in [5, 5.41) is 15.3. The number of rotatable bonds is 0. The molecule has 5 nitrogen and oxygen atoms in total. The van der Waals surface area contributed by atoms with Crippen molar-refractivity contribution in [3.05, 3.63) is 30.1 Å². The van der Waals surface area contributed by atoms with E-state index in [4.69, 9.17) is 0 Å². The second-order valence-corrected chi connectivity index (χ2v) is 2.67. The molecule has 5 heteroatoms. The molecule has 2 aliphatic rings. The molecule has 1 unspecified atom stereocenters. The van der Waals surface area contributed by atoms with E-state index in [0.29, 0.717) is 0 Å². The second-order valence-electron chi connectivity index (χ2n) is 2.67. The fourth-order valence-electron chi connectivity index (χ4n) is 1.40. The lowest BCUT2D eigenvalue weighted by Crippen LogP contribution is -2.06. The third-order valence-electron chi connectivity index (χ3n) is 1.97. The van der Waals surface area contributed by atoms with E-state index in [0.717, 1.165) is 11.5 Å². The van der Waals surface area contributed by atoms with Gasteiger partial charge in [-0.2, -0.15) is 5.10 Å². The van der Waals surface area contributed by atoms with Gasteiger partial charge in [-0.3, -0.25) is 0 Å². The monoisotopic (exact) mass is 159 g/mol. The summed E-state index contributed by atoms with van der Waals surface area (Å²) in [6.45, 7) is 0. The van der Waals surface area contributed by atoms with E-state index >= 15 is 0 Å². The Bertz CT molecular complexity index is 411. The third-order valence-corrected chi connectivity index (χ3v) is 1.97. The maximum atomic E-state index is 4.19. The Kier molecular flexibility index (Phi) is 0.910. The van der Waals surface area contributed by atoms with Crippen LogP contribution in [0.2, 0.25) is 0 Å². The molecule has 0 N–H and O–H groups in total. The van der Waals surface area contributed by atoms with Gasteiger partial charge in [-0.05, 0) is 16.5 Å². The highest BCUT2D eigenvalue weighted by molar-refractivity contribution is 6.03. The van der Waals surface area contributed by atoms with Gasteiger partial charge in [-0.15, -0.1) is 9.89 Å². The van der Waals surface area contributed by atoms with Gasteiger partial charge >= 0.3 is 0 Å². The molecule has 1 aliphatic heterocycles. The first-order valence-corrected chi connectivity index (χ1v) is 3.67. The molecule has 0 fully saturated rings.